The Hall–Kier alpha value is -0.620. The highest BCUT2D eigenvalue weighted by Gasteiger charge is 2.26. The highest BCUT2D eigenvalue weighted by molar-refractivity contribution is 7.88. The third-order valence-corrected chi connectivity index (χ3v) is 4.25. The van der Waals surface area contributed by atoms with E-state index in [2.05, 4.69) is 5.32 Å². The number of hydrogen-bond acceptors (Lipinski definition) is 3. The Morgan fingerprint density at radius 1 is 1.47 bits per heavy atom. The quantitative estimate of drug-likeness (QED) is 0.794. The molecule has 0 spiro atoms. The van der Waals surface area contributed by atoms with E-state index in [4.69, 9.17) is 0 Å². The molecule has 1 saturated heterocycles. The van der Waals surface area contributed by atoms with Gasteiger partial charge in [0.1, 0.15) is 0 Å². The summed E-state index contributed by atoms with van der Waals surface area (Å²) in [7, 11) is -3.13. The topological polar surface area (TPSA) is 66.5 Å². The van der Waals surface area contributed by atoms with Gasteiger partial charge in [0.05, 0.1) is 6.26 Å². The lowest BCUT2D eigenvalue weighted by atomic mass is 10.1. The van der Waals surface area contributed by atoms with E-state index in [1.807, 2.05) is 6.92 Å². The highest BCUT2D eigenvalue weighted by Crippen LogP contribution is 2.13. The Kier molecular flexibility index (Phi) is 5.39. The molecular formula is C11H22N2O3S. The van der Waals surface area contributed by atoms with E-state index in [1.54, 1.807) is 0 Å². The van der Waals surface area contributed by atoms with E-state index in [0.717, 1.165) is 25.7 Å². The number of sulfonamides is 1. The van der Waals surface area contributed by atoms with Crippen molar-refractivity contribution in [3.8, 4) is 0 Å². The molecule has 1 rings (SSSR count). The minimum absolute atomic E-state index is 0.0252. The maximum Gasteiger partial charge on any atom is 0.220 e. The van der Waals surface area contributed by atoms with Gasteiger partial charge in [0.15, 0.2) is 0 Å². The number of carbonyl (C=O) groups is 1. The fourth-order valence-corrected chi connectivity index (χ4v) is 2.91. The van der Waals surface area contributed by atoms with Gasteiger partial charge < -0.3 is 5.32 Å². The van der Waals surface area contributed by atoms with Crippen molar-refractivity contribution in [2.75, 3.05) is 19.3 Å². The first kappa shape index (κ1) is 14.4. The zero-order valence-corrected chi connectivity index (χ0v) is 11.4. The third-order valence-electron chi connectivity index (χ3n) is 2.98. The van der Waals surface area contributed by atoms with Gasteiger partial charge in [-0.2, -0.15) is 0 Å². The summed E-state index contributed by atoms with van der Waals surface area (Å²) in [5.74, 6) is 0.0344. The minimum Gasteiger partial charge on any atom is -0.352 e. The van der Waals surface area contributed by atoms with E-state index < -0.39 is 10.0 Å². The van der Waals surface area contributed by atoms with E-state index in [9.17, 15) is 13.2 Å². The summed E-state index contributed by atoms with van der Waals surface area (Å²) in [6, 6.07) is -0.0252. The number of nitrogens with zero attached hydrogens (tertiary/aromatic N) is 1. The minimum atomic E-state index is -3.13. The van der Waals surface area contributed by atoms with Gasteiger partial charge >= 0.3 is 0 Å². The van der Waals surface area contributed by atoms with E-state index in [-0.39, 0.29) is 11.9 Å². The number of unbranched alkanes of at least 4 members (excludes halogenated alkanes) is 1. The molecule has 1 heterocycles. The second-order valence-corrected chi connectivity index (χ2v) is 6.61. The van der Waals surface area contributed by atoms with Crippen molar-refractivity contribution in [3.63, 3.8) is 0 Å². The van der Waals surface area contributed by atoms with Crippen LogP contribution in [-0.4, -0.2) is 44.0 Å². The lowest BCUT2D eigenvalue weighted by Gasteiger charge is -2.31. The molecule has 0 aliphatic carbocycles. The van der Waals surface area contributed by atoms with Gasteiger partial charge in [-0.15, -0.1) is 0 Å². The summed E-state index contributed by atoms with van der Waals surface area (Å²) in [4.78, 5) is 11.5. The number of piperidine rings is 1. The van der Waals surface area contributed by atoms with E-state index in [1.165, 1.54) is 10.6 Å². The first-order valence-corrected chi connectivity index (χ1v) is 8.02. The fourth-order valence-electron chi connectivity index (χ4n) is 2.00. The van der Waals surface area contributed by atoms with Crippen LogP contribution in [0.2, 0.25) is 0 Å². The van der Waals surface area contributed by atoms with Crippen molar-refractivity contribution in [2.45, 2.75) is 45.1 Å². The second kappa shape index (κ2) is 6.35. The van der Waals surface area contributed by atoms with Crippen molar-refractivity contribution in [2.24, 2.45) is 0 Å². The van der Waals surface area contributed by atoms with Crippen LogP contribution in [0, 0.1) is 0 Å². The van der Waals surface area contributed by atoms with Gasteiger partial charge in [-0.05, 0) is 19.3 Å². The monoisotopic (exact) mass is 262 g/mol. The Balaban J connectivity index is 2.42. The lowest BCUT2D eigenvalue weighted by molar-refractivity contribution is -0.122. The van der Waals surface area contributed by atoms with E-state index in [0.29, 0.717) is 19.5 Å². The summed E-state index contributed by atoms with van der Waals surface area (Å²) in [5, 5.41) is 2.91. The summed E-state index contributed by atoms with van der Waals surface area (Å²) in [5.41, 5.74) is 0. The molecule has 1 atom stereocenters. The molecule has 0 aromatic carbocycles. The Labute approximate surface area is 104 Å². The molecule has 1 aliphatic rings. The summed E-state index contributed by atoms with van der Waals surface area (Å²) >= 11 is 0. The Morgan fingerprint density at radius 2 is 2.18 bits per heavy atom. The smallest absolute Gasteiger partial charge is 0.220 e. The molecule has 6 heteroatoms. The van der Waals surface area contributed by atoms with Gasteiger partial charge in [0, 0.05) is 25.6 Å². The molecule has 0 radical (unpaired) electrons. The fraction of sp³-hybridized carbons (Fsp3) is 0.909. The van der Waals surface area contributed by atoms with Crippen LogP contribution in [0.1, 0.15) is 39.0 Å². The maximum atomic E-state index is 11.5. The van der Waals surface area contributed by atoms with Gasteiger partial charge in [0.2, 0.25) is 15.9 Å². The van der Waals surface area contributed by atoms with Crippen LogP contribution < -0.4 is 5.32 Å². The number of hydrogen-bond donors (Lipinski definition) is 1. The molecule has 0 bridgehead atoms. The largest absolute Gasteiger partial charge is 0.352 e. The van der Waals surface area contributed by atoms with Crippen LogP contribution >= 0.6 is 0 Å². The van der Waals surface area contributed by atoms with Crippen LogP contribution in [0.3, 0.4) is 0 Å². The van der Waals surface area contributed by atoms with Gasteiger partial charge in [-0.3, -0.25) is 4.79 Å². The molecule has 1 fully saturated rings. The van der Waals surface area contributed by atoms with Crippen molar-refractivity contribution in [1.29, 1.82) is 0 Å². The number of nitrogens with one attached hydrogen (secondary N) is 1. The van der Waals surface area contributed by atoms with Gasteiger partial charge in [-0.1, -0.05) is 13.3 Å². The molecule has 0 saturated carbocycles. The molecule has 17 heavy (non-hydrogen) atoms. The van der Waals surface area contributed by atoms with Crippen molar-refractivity contribution < 1.29 is 13.2 Å². The normalized spacial score (nSPS) is 22.4. The molecule has 0 aromatic rings. The second-order valence-electron chi connectivity index (χ2n) is 4.63. The zero-order valence-electron chi connectivity index (χ0n) is 10.6. The summed E-state index contributed by atoms with van der Waals surface area (Å²) < 4.78 is 24.3. The van der Waals surface area contributed by atoms with Crippen molar-refractivity contribution in [1.82, 2.24) is 9.62 Å². The molecule has 100 valence electrons. The number of rotatable bonds is 5. The molecule has 1 N–H and O–H groups in total. The van der Waals surface area contributed by atoms with Crippen molar-refractivity contribution in [3.05, 3.63) is 0 Å². The predicted octanol–water partition coefficient (Wildman–Crippen LogP) is 0.717. The van der Waals surface area contributed by atoms with Crippen LogP contribution in [0.25, 0.3) is 0 Å². The van der Waals surface area contributed by atoms with Gasteiger partial charge in [0.25, 0.3) is 0 Å². The van der Waals surface area contributed by atoms with Gasteiger partial charge in [-0.25, -0.2) is 12.7 Å². The Morgan fingerprint density at radius 3 is 2.76 bits per heavy atom. The molecule has 5 nitrogen and oxygen atoms in total. The lowest BCUT2D eigenvalue weighted by Crippen LogP contribution is -2.49. The average molecular weight is 262 g/mol. The number of carbonyl (C=O) groups excluding carboxylic acids is 1. The highest BCUT2D eigenvalue weighted by atomic mass is 32.2. The van der Waals surface area contributed by atoms with Crippen LogP contribution in [0.5, 0.6) is 0 Å². The van der Waals surface area contributed by atoms with E-state index >= 15 is 0 Å². The molecule has 0 aromatic heterocycles. The molecule has 1 amide bonds. The third kappa shape index (κ3) is 5.04. The summed E-state index contributed by atoms with van der Waals surface area (Å²) in [6.45, 7) is 3.02. The van der Waals surface area contributed by atoms with Crippen molar-refractivity contribution >= 4 is 15.9 Å². The molecule has 1 unspecified atom stereocenters. The SMILES string of the molecule is CCCCC(=O)NC1CCCN(S(C)(=O)=O)C1. The van der Waals surface area contributed by atoms with Crippen LogP contribution in [0.15, 0.2) is 0 Å². The van der Waals surface area contributed by atoms with Crippen LogP contribution in [-0.2, 0) is 14.8 Å². The number of amides is 1. The summed E-state index contributed by atoms with van der Waals surface area (Å²) in [6.07, 6.45) is 5.30. The zero-order chi connectivity index (χ0) is 12.9. The Bertz CT molecular complexity index is 354. The molecule has 1 aliphatic heterocycles. The first-order valence-electron chi connectivity index (χ1n) is 6.18. The maximum absolute atomic E-state index is 11.5. The first-order chi connectivity index (χ1) is 7.93. The van der Waals surface area contributed by atoms with Crippen LogP contribution in [0.4, 0.5) is 0 Å². The molecular weight excluding hydrogens is 240 g/mol. The average Bonchev–Trinajstić information content (AvgIpc) is 2.25. The predicted molar refractivity (Wildman–Crippen MR) is 67.1 cm³/mol. The standard InChI is InChI=1S/C11H22N2O3S/c1-3-4-7-11(14)12-10-6-5-8-13(9-10)17(2,15)16/h10H,3-9H2,1-2H3,(H,12,14).